The highest BCUT2D eigenvalue weighted by atomic mass is 35.5. The zero-order chi connectivity index (χ0) is 24.0. The maximum atomic E-state index is 13.1. The first-order chi connectivity index (χ1) is 15.8. The molecule has 0 spiro atoms. The van der Waals surface area contributed by atoms with Crippen LogP contribution < -0.4 is 14.8 Å². The lowest BCUT2D eigenvalue weighted by Crippen LogP contribution is -2.17. The number of halogens is 1. The van der Waals surface area contributed by atoms with Gasteiger partial charge in [0.1, 0.15) is 18.6 Å². The van der Waals surface area contributed by atoms with Gasteiger partial charge in [0.2, 0.25) is 0 Å². The molecule has 1 amide bonds. The van der Waals surface area contributed by atoms with Crippen LogP contribution in [0.25, 0.3) is 11.1 Å². The minimum Gasteiger partial charge on any atom is -0.493 e. The topological polar surface area (TPSA) is 88.3 Å². The summed E-state index contributed by atoms with van der Waals surface area (Å²) in [5, 5.41) is 17.3. The summed E-state index contributed by atoms with van der Waals surface area (Å²) in [5.74, 6) is 0.572. The van der Waals surface area contributed by atoms with Crippen molar-refractivity contribution < 1.29 is 19.4 Å². The number of aliphatic hydroxyl groups excluding tert-OH is 1. The fourth-order valence-electron chi connectivity index (χ4n) is 2.95. The van der Waals surface area contributed by atoms with Gasteiger partial charge < -0.3 is 24.8 Å². The van der Waals surface area contributed by atoms with Gasteiger partial charge in [0.05, 0.1) is 13.2 Å². The van der Waals surface area contributed by atoms with Gasteiger partial charge in [-0.05, 0) is 42.8 Å². The zero-order valence-corrected chi connectivity index (χ0v) is 19.7. The van der Waals surface area contributed by atoms with E-state index in [1.807, 2.05) is 26.2 Å². The molecule has 2 aromatic carbocycles. The van der Waals surface area contributed by atoms with Crippen LogP contribution in [0.5, 0.6) is 11.5 Å². The number of nitrogens with zero attached hydrogens (tertiary/aromatic N) is 3. The van der Waals surface area contributed by atoms with E-state index < -0.39 is 6.10 Å². The van der Waals surface area contributed by atoms with Gasteiger partial charge in [-0.3, -0.25) is 4.79 Å². The first-order valence-corrected chi connectivity index (χ1v) is 10.6. The third kappa shape index (κ3) is 6.50. The number of carbonyl (C=O) groups excluding carboxylic acids is 1. The van der Waals surface area contributed by atoms with E-state index in [0.717, 1.165) is 11.1 Å². The van der Waals surface area contributed by atoms with Crippen molar-refractivity contribution in [1.29, 1.82) is 0 Å². The van der Waals surface area contributed by atoms with E-state index in [9.17, 15) is 9.90 Å². The summed E-state index contributed by atoms with van der Waals surface area (Å²) in [6.07, 6.45) is 2.78. The number of hydrogen-bond donors (Lipinski definition) is 2. The molecule has 3 aromatic rings. The monoisotopic (exact) mass is 470 g/mol. The number of nitrogens with one attached hydrogen (secondary N) is 1. The Labute approximate surface area is 198 Å². The highest BCUT2D eigenvalue weighted by Crippen LogP contribution is 2.31. The number of ether oxygens (including phenoxy) is 2. The lowest BCUT2D eigenvalue weighted by atomic mass is 10.1. The number of methoxy groups -OCH3 is 1. The number of benzene rings is 2. The summed E-state index contributed by atoms with van der Waals surface area (Å²) < 4.78 is 12.4. The van der Waals surface area contributed by atoms with E-state index in [1.165, 1.54) is 11.8 Å². The Morgan fingerprint density at radius 3 is 2.55 bits per heavy atom. The van der Waals surface area contributed by atoms with Crippen molar-refractivity contribution in [2.75, 3.05) is 33.1 Å². The fraction of sp³-hybridized carbons (Fsp3) is 0.250. The average Bonchev–Trinajstić information content (AvgIpc) is 3.21. The standard InChI is InChI=1S/C24H27ClN4O4/c1-16(30)14-33-22-10-9-20(12-23(22)32-4)27-24(31)21-11-18(13-29(21)26-15-28(2)3)17-5-7-19(25)8-6-17/h5-13,15-16,30H,14H2,1-4H3,(H,27,31)/b26-15+/t16-/m1/s1. The Morgan fingerprint density at radius 1 is 1.18 bits per heavy atom. The summed E-state index contributed by atoms with van der Waals surface area (Å²) in [6, 6.07) is 14.2. The largest absolute Gasteiger partial charge is 0.493 e. The van der Waals surface area contributed by atoms with Gasteiger partial charge in [0, 0.05) is 42.6 Å². The number of carbonyl (C=O) groups is 1. The molecule has 0 fully saturated rings. The summed E-state index contributed by atoms with van der Waals surface area (Å²) in [6.45, 7) is 1.76. The molecular weight excluding hydrogens is 444 g/mol. The molecule has 8 nitrogen and oxygen atoms in total. The van der Waals surface area contributed by atoms with Crippen LogP contribution in [-0.4, -0.2) is 60.8 Å². The van der Waals surface area contributed by atoms with Crippen molar-refractivity contribution >= 4 is 29.5 Å². The van der Waals surface area contributed by atoms with E-state index in [-0.39, 0.29) is 12.5 Å². The van der Waals surface area contributed by atoms with Crippen LogP contribution in [0.15, 0.2) is 59.8 Å². The third-order valence-corrected chi connectivity index (χ3v) is 4.77. The molecule has 33 heavy (non-hydrogen) atoms. The second-order valence-corrected chi connectivity index (χ2v) is 8.08. The predicted molar refractivity (Wildman–Crippen MR) is 131 cm³/mol. The van der Waals surface area contributed by atoms with Crippen molar-refractivity contribution in [3.05, 3.63) is 65.4 Å². The minimum atomic E-state index is -0.612. The molecular formula is C24H27ClN4O4. The average molecular weight is 471 g/mol. The van der Waals surface area contributed by atoms with Crippen LogP contribution in [-0.2, 0) is 0 Å². The molecule has 0 aliphatic carbocycles. The molecule has 9 heteroatoms. The van der Waals surface area contributed by atoms with E-state index in [0.29, 0.717) is 27.9 Å². The molecule has 0 bridgehead atoms. The van der Waals surface area contributed by atoms with E-state index in [2.05, 4.69) is 10.4 Å². The van der Waals surface area contributed by atoms with Crippen molar-refractivity contribution in [3.63, 3.8) is 0 Å². The zero-order valence-electron chi connectivity index (χ0n) is 18.9. The Balaban J connectivity index is 1.88. The van der Waals surface area contributed by atoms with Crippen LogP contribution in [0, 0.1) is 0 Å². The first kappa shape index (κ1) is 24.2. The van der Waals surface area contributed by atoms with Crippen LogP contribution in [0.4, 0.5) is 5.69 Å². The van der Waals surface area contributed by atoms with Crippen molar-refractivity contribution in [2.45, 2.75) is 13.0 Å². The van der Waals surface area contributed by atoms with Crippen molar-refractivity contribution in [3.8, 4) is 22.6 Å². The van der Waals surface area contributed by atoms with Crippen molar-refractivity contribution in [1.82, 2.24) is 9.58 Å². The van der Waals surface area contributed by atoms with Gasteiger partial charge in [-0.25, -0.2) is 4.68 Å². The van der Waals surface area contributed by atoms with E-state index in [1.54, 1.807) is 60.8 Å². The van der Waals surface area contributed by atoms with E-state index in [4.69, 9.17) is 21.1 Å². The quantitative estimate of drug-likeness (QED) is 0.362. The van der Waals surface area contributed by atoms with Crippen LogP contribution in [0.2, 0.25) is 5.02 Å². The lowest BCUT2D eigenvalue weighted by molar-refractivity contribution is 0.101. The molecule has 0 radical (unpaired) electrons. The summed E-state index contributed by atoms with van der Waals surface area (Å²) in [7, 11) is 5.20. The normalized spacial score (nSPS) is 11.9. The summed E-state index contributed by atoms with van der Waals surface area (Å²) >= 11 is 6.00. The van der Waals surface area contributed by atoms with Crippen LogP contribution >= 0.6 is 11.6 Å². The molecule has 2 N–H and O–H groups in total. The number of aromatic nitrogens is 1. The number of aliphatic hydroxyl groups is 1. The molecule has 0 aliphatic rings. The molecule has 174 valence electrons. The highest BCUT2D eigenvalue weighted by Gasteiger charge is 2.16. The molecule has 0 saturated carbocycles. The molecule has 0 unspecified atom stereocenters. The number of hydrogen-bond acceptors (Lipinski definition) is 5. The Hall–Kier alpha value is -3.49. The van der Waals surface area contributed by atoms with Crippen molar-refractivity contribution in [2.24, 2.45) is 5.10 Å². The third-order valence-electron chi connectivity index (χ3n) is 4.52. The van der Waals surface area contributed by atoms with Gasteiger partial charge in [0.15, 0.2) is 11.5 Å². The maximum Gasteiger partial charge on any atom is 0.274 e. The molecule has 1 aromatic heterocycles. The molecule has 1 atom stereocenters. The van der Waals surface area contributed by atoms with Gasteiger partial charge in [-0.15, -0.1) is 0 Å². The minimum absolute atomic E-state index is 0.132. The summed E-state index contributed by atoms with van der Waals surface area (Å²) in [4.78, 5) is 14.9. The van der Waals surface area contributed by atoms with Gasteiger partial charge in [0.25, 0.3) is 5.91 Å². The fourth-order valence-corrected chi connectivity index (χ4v) is 3.07. The predicted octanol–water partition coefficient (Wildman–Crippen LogP) is 4.18. The Kier molecular flexibility index (Phi) is 7.97. The molecule has 1 heterocycles. The SMILES string of the molecule is COc1cc(NC(=O)c2cc(-c3ccc(Cl)cc3)cn2/N=C/N(C)C)ccc1OC[C@@H](C)O. The molecule has 3 rings (SSSR count). The summed E-state index contributed by atoms with van der Waals surface area (Å²) in [5.41, 5.74) is 2.62. The first-order valence-electron chi connectivity index (χ1n) is 10.3. The number of anilines is 1. The maximum absolute atomic E-state index is 13.1. The highest BCUT2D eigenvalue weighted by molar-refractivity contribution is 6.30. The van der Waals surface area contributed by atoms with Gasteiger partial charge in [-0.1, -0.05) is 23.7 Å². The van der Waals surface area contributed by atoms with E-state index >= 15 is 0 Å². The smallest absolute Gasteiger partial charge is 0.274 e. The van der Waals surface area contributed by atoms with Gasteiger partial charge in [-0.2, -0.15) is 5.10 Å². The molecule has 0 saturated heterocycles. The molecule has 0 aliphatic heterocycles. The lowest BCUT2D eigenvalue weighted by Gasteiger charge is -2.14. The van der Waals surface area contributed by atoms with Gasteiger partial charge >= 0.3 is 0 Å². The second kappa shape index (κ2) is 10.9. The number of amides is 1. The Morgan fingerprint density at radius 2 is 1.91 bits per heavy atom. The second-order valence-electron chi connectivity index (χ2n) is 7.64. The Bertz CT molecular complexity index is 1120. The van der Waals surface area contributed by atoms with Crippen LogP contribution in [0.1, 0.15) is 17.4 Å². The number of rotatable bonds is 9. The van der Waals surface area contributed by atoms with Crippen LogP contribution in [0.3, 0.4) is 0 Å².